The Bertz CT molecular complexity index is 288. The number of hydrogen-bond donors (Lipinski definition) is 1. The van der Waals surface area contributed by atoms with E-state index in [1.165, 1.54) is 0 Å². The Morgan fingerprint density at radius 2 is 2.07 bits per heavy atom. The predicted molar refractivity (Wildman–Crippen MR) is 59.5 cm³/mol. The van der Waals surface area contributed by atoms with Crippen LogP contribution in [0.3, 0.4) is 0 Å². The lowest BCUT2D eigenvalue weighted by Gasteiger charge is -2.18. The van der Waals surface area contributed by atoms with E-state index in [1.807, 2.05) is 0 Å². The van der Waals surface area contributed by atoms with E-state index in [4.69, 9.17) is 4.52 Å². The molecule has 0 aliphatic heterocycles. The smallest absolute Gasteiger partial charge is 0.240 e. The third-order valence-electron chi connectivity index (χ3n) is 2.03. The van der Waals surface area contributed by atoms with Crippen LogP contribution in [0.2, 0.25) is 0 Å². The Labute approximate surface area is 91.5 Å². The SMILES string of the molecule is CCCCc1noc(CNC(C)(C)C)n1. The van der Waals surface area contributed by atoms with Crippen molar-refractivity contribution in [2.45, 2.75) is 59.0 Å². The molecule has 1 aromatic heterocycles. The number of nitrogens with zero attached hydrogens (tertiary/aromatic N) is 2. The van der Waals surface area contributed by atoms with Crippen LogP contribution in [0.5, 0.6) is 0 Å². The van der Waals surface area contributed by atoms with Crippen LogP contribution in [-0.2, 0) is 13.0 Å². The minimum atomic E-state index is 0.0814. The molecule has 15 heavy (non-hydrogen) atoms. The van der Waals surface area contributed by atoms with Crippen LogP contribution >= 0.6 is 0 Å². The van der Waals surface area contributed by atoms with E-state index < -0.39 is 0 Å². The summed E-state index contributed by atoms with van der Waals surface area (Å²) in [5.41, 5.74) is 0.0814. The quantitative estimate of drug-likeness (QED) is 0.812. The zero-order valence-electron chi connectivity index (χ0n) is 10.1. The molecule has 1 N–H and O–H groups in total. The van der Waals surface area contributed by atoms with Crippen molar-refractivity contribution in [1.82, 2.24) is 15.5 Å². The Morgan fingerprint density at radius 3 is 2.67 bits per heavy atom. The van der Waals surface area contributed by atoms with Crippen LogP contribution in [0, 0.1) is 0 Å². The van der Waals surface area contributed by atoms with E-state index in [0.717, 1.165) is 25.1 Å². The van der Waals surface area contributed by atoms with Gasteiger partial charge in [-0.1, -0.05) is 18.5 Å². The van der Waals surface area contributed by atoms with Crippen molar-refractivity contribution in [2.75, 3.05) is 0 Å². The van der Waals surface area contributed by atoms with E-state index in [0.29, 0.717) is 12.4 Å². The van der Waals surface area contributed by atoms with E-state index >= 15 is 0 Å². The monoisotopic (exact) mass is 211 g/mol. The Hall–Kier alpha value is -0.900. The summed E-state index contributed by atoms with van der Waals surface area (Å²) in [6.45, 7) is 9.13. The largest absolute Gasteiger partial charge is 0.338 e. The molecule has 0 unspecified atom stereocenters. The summed E-state index contributed by atoms with van der Waals surface area (Å²) in [5.74, 6) is 1.50. The average Bonchev–Trinajstić information content (AvgIpc) is 2.58. The van der Waals surface area contributed by atoms with E-state index in [-0.39, 0.29) is 5.54 Å². The van der Waals surface area contributed by atoms with Crippen LogP contribution in [-0.4, -0.2) is 15.7 Å². The van der Waals surface area contributed by atoms with E-state index in [2.05, 4.69) is 43.2 Å². The first-order chi connectivity index (χ1) is 7.01. The van der Waals surface area contributed by atoms with Gasteiger partial charge in [-0.3, -0.25) is 0 Å². The minimum absolute atomic E-state index is 0.0814. The molecule has 1 rings (SSSR count). The van der Waals surface area contributed by atoms with Gasteiger partial charge in [0.2, 0.25) is 5.89 Å². The highest BCUT2D eigenvalue weighted by Gasteiger charge is 2.11. The first-order valence-electron chi connectivity index (χ1n) is 5.58. The number of aryl methyl sites for hydroxylation is 1. The Kier molecular flexibility index (Phi) is 4.27. The maximum absolute atomic E-state index is 5.13. The molecule has 0 fully saturated rings. The van der Waals surface area contributed by atoms with Gasteiger partial charge in [0.1, 0.15) is 0 Å². The highest BCUT2D eigenvalue weighted by molar-refractivity contribution is 4.87. The summed E-state index contributed by atoms with van der Waals surface area (Å²) in [6, 6.07) is 0. The maximum atomic E-state index is 5.13. The summed E-state index contributed by atoms with van der Waals surface area (Å²) < 4.78 is 5.13. The molecule has 0 atom stereocenters. The molecule has 0 radical (unpaired) electrons. The van der Waals surface area contributed by atoms with Crippen LogP contribution in [0.4, 0.5) is 0 Å². The molecule has 0 aromatic carbocycles. The molecule has 0 spiro atoms. The first-order valence-corrected chi connectivity index (χ1v) is 5.58. The number of hydrogen-bond acceptors (Lipinski definition) is 4. The molecule has 1 heterocycles. The van der Waals surface area contributed by atoms with Crippen molar-refractivity contribution in [1.29, 1.82) is 0 Å². The molecule has 86 valence electrons. The summed E-state index contributed by atoms with van der Waals surface area (Å²) in [4.78, 5) is 4.31. The zero-order valence-corrected chi connectivity index (χ0v) is 10.1. The number of unbranched alkanes of at least 4 members (excludes halogenated alkanes) is 1. The van der Waals surface area contributed by atoms with Gasteiger partial charge in [0.25, 0.3) is 0 Å². The fourth-order valence-corrected chi connectivity index (χ4v) is 1.14. The molecule has 0 aliphatic carbocycles. The summed E-state index contributed by atoms with van der Waals surface area (Å²) in [7, 11) is 0. The van der Waals surface area contributed by atoms with Gasteiger partial charge in [-0.25, -0.2) is 0 Å². The second-order valence-corrected chi connectivity index (χ2v) is 4.81. The first kappa shape index (κ1) is 12.2. The third-order valence-corrected chi connectivity index (χ3v) is 2.03. The van der Waals surface area contributed by atoms with Gasteiger partial charge >= 0.3 is 0 Å². The minimum Gasteiger partial charge on any atom is -0.338 e. The molecule has 0 saturated heterocycles. The third kappa shape index (κ3) is 4.93. The molecule has 0 amide bonds. The Balaban J connectivity index is 2.39. The topological polar surface area (TPSA) is 51.0 Å². The van der Waals surface area contributed by atoms with E-state index in [9.17, 15) is 0 Å². The van der Waals surface area contributed by atoms with Gasteiger partial charge in [0, 0.05) is 12.0 Å². The van der Waals surface area contributed by atoms with Gasteiger partial charge < -0.3 is 9.84 Å². The van der Waals surface area contributed by atoms with Crippen molar-refractivity contribution >= 4 is 0 Å². The molecule has 0 bridgehead atoms. The molecule has 4 nitrogen and oxygen atoms in total. The van der Waals surface area contributed by atoms with Gasteiger partial charge in [0.15, 0.2) is 5.82 Å². The maximum Gasteiger partial charge on any atom is 0.240 e. The number of aromatic nitrogens is 2. The molecule has 0 aliphatic rings. The highest BCUT2D eigenvalue weighted by Crippen LogP contribution is 2.04. The van der Waals surface area contributed by atoms with Crippen LogP contribution in [0.1, 0.15) is 52.3 Å². The molecular formula is C11H21N3O. The second-order valence-electron chi connectivity index (χ2n) is 4.81. The van der Waals surface area contributed by atoms with Crippen molar-refractivity contribution < 1.29 is 4.52 Å². The fourth-order valence-electron chi connectivity index (χ4n) is 1.14. The van der Waals surface area contributed by atoms with E-state index in [1.54, 1.807) is 0 Å². The second kappa shape index (κ2) is 5.26. The van der Waals surface area contributed by atoms with Crippen molar-refractivity contribution in [3.63, 3.8) is 0 Å². The average molecular weight is 211 g/mol. The molecule has 0 saturated carbocycles. The summed E-state index contributed by atoms with van der Waals surface area (Å²) >= 11 is 0. The normalized spacial score (nSPS) is 12.0. The summed E-state index contributed by atoms with van der Waals surface area (Å²) in [6.07, 6.45) is 3.19. The standard InChI is InChI=1S/C11H21N3O/c1-5-6-7-9-13-10(15-14-9)8-12-11(2,3)4/h12H,5-8H2,1-4H3. The highest BCUT2D eigenvalue weighted by atomic mass is 16.5. The Morgan fingerprint density at radius 1 is 1.33 bits per heavy atom. The predicted octanol–water partition coefficient (Wildman–Crippen LogP) is 2.30. The molecule has 1 aromatic rings. The van der Waals surface area contributed by atoms with Gasteiger partial charge in [0.05, 0.1) is 6.54 Å². The summed E-state index contributed by atoms with van der Waals surface area (Å²) in [5, 5.41) is 7.24. The van der Waals surface area contributed by atoms with Gasteiger partial charge in [-0.2, -0.15) is 4.98 Å². The lowest BCUT2D eigenvalue weighted by molar-refractivity contribution is 0.333. The van der Waals surface area contributed by atoms with Crippen LogP contribution in [0.25, 0.3) is 0 Å². The van der Waals surface area contributed by atoms with Crippen LogP contribution < -0.4 is 5.32 Å². The lowest BCUT2D eigenvalue weighted by Crippen LogP contribution is -2.35. The zero-order chi connectivity index (χ0) is 11.3. The van der Waals surface area contributed by atoms with Crippen molar-refractivity contribution in [2.24, 2.45) is 0 Å². The van der Waals surface area contributed by atoms with Crippen molar-refractivity contribution in [3.05, 3.63) is 11.7 Å². The number of nitrogens with one attached hydrogen (secondary N) is 1. The molecular weight excluding hydrogens is 190 g/mol. The fraction of sp³-hybridized carbons (Fsp3) is 0.818. The van der Waals surface area contributed by atoms with Gasteiger partial charge in [-0.05, 0) is 27.2 Å². The lowest BCUT2D eigenvalue weighted by atomic mass is 10.1. The van der Waals surface area contributed by atoms with Gasteiger partial charge in [-0.15, -0.1) is 0 Å². The van der Waals surface area contributed by atoms with Crippen LogP contribution in [0.15, 0.2) is 4.52 Å². The molecule has 4 heteroatoms. The van der Waals surface area contributed by atoms with Crippen molar-refractivity contribution in [3.8, 4) is 0 Å². The number of rotatable bonds is 5.